The van der Waals surface area contributed by atoms with Crippen LogP contribution in [-0.2, 0) is 16.6 Å². The van der Waals surface area contributed by atoms with Crippen molar-refractivity contribution in [1.29, 1.82) is 0 Å². The van der Waals surface area contributed by atoms with Gasteiger partial charge in [-0.3, -0.25) is 9.78 Å². The molecule has 4 rings (SSSR count). The highest BCUT2D eigenvalue weighted by atomic mass is 32.2. The van der Waals surface area contributed by atoms with Crippen molar-refractivity contribution in [3.05, 3.63) is 59.5 Å². The molecule has 0 bridgehead atoms. The average molecular weight is 386 g/mol. The van der Waals surface area contributed by atoms with E-state index >= 15 is 0 Å². The van der Waals surface area contributed by atoms with Gasteiger partial charge in [-0.25, -0.2) is 18.1 Å². The zero-order chi connectivity index (χ0) is 18.9. The molecule has 27 heavy (non-hydrogen) atoms. The zero-order valence-electron chi connectivity index (χ0n) is 14.4. The van der Waals surface area contributed by atoms with Crippen LogP contribution in [0.4, 0.5) is 0 Å². The van der Waals surface area contributed by atoms with Crippen LogP contribution >= 0.6 is 0 Å². The van der Waals surface area contributed by atoms with Gasteiger partial charge in [0, 0.05) is 36.6 Å². The lowest BCUT2D eigenvalue weighted by molar-refractivity contribution is 0.335. The van der Waals surface area contributed by atoms with E-state index in [0.29, 0.717) is 18.7 Å². The first kappa shape index (κ1) is 17.6. The first-order chi connectivity index (χ1) is 13.1. The first-order valence-electron chi connectivity index (χ1n) is 8.54. The molecular weight excluding hydrogens is 368 g/mol. The molecule has 1 atom stereocenters. The number of hydrogen-bond acceptors (Lipinski definition) is 6. The van der Waals surface area contributed by atoms with Crippen LogP contribution in [0, 0.1) is 0 Å². The third-order valence-electron chi connectivity index (χ3n) is 4.61. The molecule has 140 valence electrons. The van der Waals surface area contributed by atoms with Crippen molar-refractivity contribution >= 4 is 10.0 Å². The Morgan fingerprint density at radius 2 is 1.96 bits per heavy atom. The van der Waals surface area contributed by atoms with Crippen molar-refractivity contribution < 1.29 is 8.42 Å². The highest BCUT2D eigenvalue weighted by molar-refractivity contribution is 7.89. The molecular formula is C17H18N6O3S. The van der Waals surface area contributed by atoms with E-state index in [0.717, 1.165) is 12.0 Å². The van der Waals surface area contributed by atoms with Crippen molar-refractivity contribution in [1.82, 2.24) is 29.0 Å². The molecule has 1 fully saturated rings. The molecule has 9 nitrogen and oxygen atoms in total. The Morgan fingerprint density at radius 3 is 2.70 bits per heavy atom. The maximum Gasteiger partial charge on any atom is 0.266 e. The summed E-state index contributed by atoms with van der Waals surface area (Å²) in [7, 11) is -3.68. The minimum absolute atomic E-state index is 0.0558. The smallest absolute Gasteiger partial charge is 0.266 e. The Morgan fingerprint density at radius 1 is 1.15 bits per heavy atom. The second-order valence-corrected chi connectivity index (χ2v) is 8.16. The summed E-state index contributed by atoms with van der Waals surface area (Å²) in [5, 5.41) is 4.48. The van der Waals surface area contributed by atoms with Gasteiger partial charge in [0.1, 0.15) is 0 Å². The minimum atomic E-state index is -3.68. The molecule has 1 N–H and O–H groups in total. The van der Waals surface area contributed by atoms with Crippen LogP contribution in [0.3, 0.4) is 0 Å². The van der Waals surface area contributed by atoms with Gasteiger partial charge in [0.15, 0.2) is 5.03 Å². The minimum Gasteiger partial charge on any atom is -0.335 e. The van der Waals surface area contributed by atoms with E-state index < -0.39 is 10.0 Å². The number of pyridine rings is 1. The van der Waals surface area contributed by atoms with Crippen LogP contribution in [0.25, 0.3) is 11.3 Å². The van der Waals surface area contributed by atoms with E-state index in [1.807, 2.05) is 12.1 Å². The summed E-state index contributed by atoms with van der Waals surface area (Å²) in [5.74, 6) is 0. The van der Waals surface area contributed by atoms with Gasteiger partial charge in [0.25, 0.3) is 15.6 Å². The fourth-order valence-electron chi connectivity index (χ4n) is 3.27. The van der Waals surface area contributed by atoms with Crippen LogP contribution in [0.2, 0.25) is 0 Å². The molecule has 1 aliphatic rings. The number of imidazole rings is 1. The monoisotopic (exact) mass is 386 g/mol. The molecule has 1 unspecified atom stereocenters. The SMILES string of the molecule is O=c1ccc(-c2ccncc2)nn1CC1CCCN1S(=O)(=O)c1cnc[nH]1. The topological polar surface area (TPSA) is 114 Å². The largest absolute Gasteiger partial charge is 0.335 e. The molecule has 0 amide bonds. The summed E-state index contributed by atoms with van der Waals surface area (Å²) in [4.78, 5) is 22.7. The van der Waals surface area contributed by atoms with Gasteiger partial charge in [-0.05, 0) is 31.0 Å². The third kappa shape index (κ3) is 3.40. The van der Waals surface area contributed by atoms with Gasteiger partial charge in [0.2, 0.25) is 0 Å². The highest BCUT2D eigenvalue weighted by Crippen LogP contribution is 2.25. The number of nitrogens with one attached hydrogen (secondary N) is 1. The predicted molar refractivity (Wildman–Crippen MR) is 97.2 cm³/mol. The second kappa shape index (κ2) is 7.05. The zero-order valence-corrected chi connectivity index (χ0v) is 15.2. The number of aromatic nitrogens is 5. The lowest BCUT2D eigenvalue weighted by Crippen LogP contribution is -2.40. The van der Waals surface area contributed by atoms with Gasteiger partial charge < -0.3 is 4.98 Å². The van der Waals surface area contributed by atoms with E-state index in [2.05, 4.69) is 20.1 Å². The van der Waals surface area contributed by atoms with Crippen LogP contribution in [0.5, 0.6) is 0 Å². The molecule has 0 saturated carbocycles. The van der Waals surface area contributed by atoms with Crippen LogP contribution in [0.15, 0.2) is 59.0 Å². The first-order valence-corrected chi connectivity index (χ1v) is 9.98. The molecule has 0 aromatic carbocycles. The molecule has 0 spiro atoms. The number of aromatic amines is 1. The van der Waals surface area contributed by atoms with Gasteiger partial charge in [-0.15, -0.1) is 0 Å². The van der Waals surface area contributed by atoms with Crippen molar-refractivity contribution in [3.63, 3.8) is 0 Å². The van der Waals surface area contributed by atoms with E-state index in [-0.39, 0.29) is 23.2 Å². The maximum atomic E-state index is 12.8. The van der Waals surface area contributed by atoms with Gasteiger partial charge in [-0.1, -0.05) is 0 Å². The number of rotatable bonds is 5. The number of H-pyrrole nitrogens is 1. The summed E-state index contributed by atoms with van der Waals surface area (Å²) in [6.07, 6.45) is 7.34. The van der Waals surface area contributed by atoms with E-state index in [1.54, 1.807) is 18.5 Å². The Bertz CT molecular complexity index is 1080. The van der Waals surface area contributed by atoms with Gasteiger partial charge >= 0.3 is 0 Å². The van der Waals surface area contributed by atoms with Gasteiger partial charge in [-0.2, -0.15) is 9.40 Å². The molecule has 3 aromatic rings. The Kier molecular flexibility index (Phi) is 4.58. The second-order valence-electron chi connectivity index (χ2n) is 6.30. The number of nitrogens with zero attached hydrogens (tertiary/aromatic N) is 5. The van der Waals surface area contributed by atoms with Gasteiger partial charge in [0.05, 0.1) is 24.8 Å². The molecule has 1 aliphatic heterocycles. The van der Waals surface area contributed by atoms with Crippen molar-refractivity contribution in [3.8, 4) is 11.3 Å². The summed E-state index contributed by atoms with van der Waals surface area (Å²) >= 11 is 0. The van der Waals surface area contributed by atoms with E-state index in [4.69, 9.17) is 0 Å². The third-order valence-corrected chi connectivity index (χ3v) is 6.49. The number of hydrogen-bond donors (Lipinski definition) is 1. The predicted octanol–water partition coefficient (Wildman–Crippen LogP) is 0.882. The fraction of sp³-hybridized carbons (Fsp3) is 0.294. The molecule has 0 aliphatic carbocycles. The van der Waals surface area contributed by atoms with Crippen LogP contribution in [-0.4, -0.2) is 50.0 Å². The average Bonchev–Trinajstić information content (AvgIpc) is 3.36. The highest BCUT2D eigenvalue weighted by Gasteiger charge is 2.36. The molecule has 10 heteroatoms. The summed E-state index contributed by atoms with van der Waals surface area (Å²) < 4.78 is 28.4. The Hall–Kier alpha value is -2.85. The molecule has 4 heterocycles. The lowest BCUT2D eigenvalue weighted by Gasteiger charge is -2.23. The lowest BCUT2D eigenvalue weighted by atomic mass is 10.2. The molecule has 1 saturated heterocycles. The van der Waals surface area contributed by atoms with Crippen molar-refractivity contribution in [2.75, 3.05) is 6.54 Å². The summed E-state index contributed by atoms with van der Waals surface area (Å²) in [5.41, 5.74) is 1.21. The Labute approximate surface area is 155 Å². The summed E-state index contributed by atoms with van der Waals surface area (Å²) in [6, 6.07) is 6.38. The van der Waals surface area contributed by atoms with Crippen molar-refractivity contribution in [2.45, 2.75) is 30.5 Å². The van der Waals surface area contributed by atoms with E-state index in [1.165, 1.54) is 27.6 Å². The van der Waals surface area contributed by atoms with Crippen molar-refractivity contribution in [2.24, 2.45) is 0 Å². The standard InChI is InChI=1S/C17H18N6O3S/c24-17-4-3-15(13-5-7-18-8-6-13)21-22(17)11-14-2-1-9-23(14)27(25,26)16-10-19-12-20-16/h3-8,10,12,14H,1-2,9,11H2,(H,19,20). The maximum absolute atomic E-state index is 12.8. The van der Waals surface area contributed by atoms with Crippen LogP contribution < -0.4 is 5.56 Å². The van der Waals surface area contributed by atoms with E-state index in [9.17, 15) is 13.2 Å². The summed E-state index contributed by atoms with van der Waals surface area (Å²) in [6.45, 7) is 0.607. The molecule has 3 aromatic heterocycles. The molecule has 0 radical (unpaired) electrons. The number of sulfonamides is 1. The Balaban J connectivity index is 1.63. The quantitative estimate of drug-likeness (QED) is 0.696. The fourth-order valence-corrected chi connectivity index (χ4v) is 4.86. The van der Waals surface area contributed by atoms with Crippen LogP contribution in [0.1, 0.15) is 12.8 Å². The normalized spacial score (nSPS) is 18.0.